The van der Waals surface area contributed by atoms with Crippen molar-refractivity contribution >= 4 is 29.4 Å². The zero-order chi connectivity index (χ0) is 14.2. The number of fused-ring (bicyclic) bond motifs is 2. The Balaban J connectivity index is 1.84. The molecule has 0 bridgehead atoms. The quantitative estimate of drug-likeness (QED) is 0.658. The molecule has 0 N–H and O–H groups in total. The fourth-order valence-electron chi connectivity index (χ4n) is 2.89. The molecule has 4 rings (SSSR count). The highest BCUT2D eigenvalue weighted by Gasteiger charge is 2.13. The Kier molecular flexibility index (Phi) is 2.97. The molecule has 0 saturated carbocycles. The molecule has 1 aromatic carbocycles. The molecule has 0 aliphatic heterocycles. The Morgan fingerprint density at radius 2 is 2.14 bits per heavy atom. The van der Waals surface area contributed by atoms with Crippen LogP contribution in [-0.2, 0) is 13.0 Å². The molecule has 1 aliphatic carbocycles. The van der Waals surface area contributed by atoms with Gasteiger partial charge in [0.15, 0.2) is 5.58 Å². The van der Waals surface area contributed by atoms with Gasteiger partial charge in [0.25, 0.3) is 4.84 Å². The monoisotopic (exact) mass is 294 g/mol. The molecule has 0 radical (unpaired) electrons. The maximum Gasteiger partial charge on any atom is 0.269 e. The molecule has 1 aliphatic rings. The van der Waals surface area contributed by atoms with Gasteiger partial charge < -0.3 is 4.42 Å². The molecular formula is C17H14N2OS. The summed E-state index contributed by atoms with van der Waals surface area (Å²) in [6.07, 6.45) is 8.27. The second-order valence-corrected chi connectivity index (χ2v) is 5.55. The molecule has 0 fully saturated rings. The van der Waals surface area contributed by atoms with Crippen LogP contribution in [0, 0.1) is 4.84 Å². The first-order valence-corrected chi connectivity index (χ1v) is 7.45. The smallest absolute Gasteiger partial charge is 0.269 e. The van der Waals surface area contributed by atoms with Gasteiger partial charge in [-0.25, -0.2) is 0 Å². The summed E-state index contributed by atoms with van der Waals surface area (Å²) in [6.45, 7) is 0.731. The van der Waals surface area contributed by atoms with Gasteiger partial charge in [0, 0.05) is 6.20 Å². The van der Waals surface area contributed by atoms with Crippen molar-refractivity contribution in [2.75, 3.05) is 0 Å². The van der Waals surface area contributed by atoms with Crippen LogP contribution in [0.3, 0.4) is 0 Å². The Bertz CT molecular complexity index is 905. The molecule has 3 aromatic rings. The largest absolute Gasteiger partial charge is 0.429 e. The lowest BCUT2D eigenvalue weighted by Gasteiger charge is -2.15. The molecule has 0 amide bonds. The lowest BCUT2D eigenvalue weighted by atomic mass is 9.97. The van der Waals surface area contributed by atoms with Crippen LogP contribution < -0.4 is 0 Å². The second kappa shape index (κ2) is 4.97. The van der Waals surface area contributed by atoms with Gasteiger partial charge in [0.2, 0.25) is 0 Å². The number of allylic oxidation sites excluding steroid dienone is 1. The van der Waals surface area contributed by atoms with E-state index < -0.39 is 0 Å². The maximum absolute atomic E-state index is 5.66. The molecule has 2 aromatic heterocycles. The van der Waals surface area contributed by atoms with Crippen LogP contribution in [0.2, 0.25) is 0 Å². The zero-order valence-electron chi connectivity index (χ0n) is 11.5. The molecule has 2 heterocycles. The standard InChI is InChI=1S/C17H14N2OS/c21-17-19(15-7-3-4-8-16(15)20-17)11-12-9-10-18-14-6-2-1-5-13(12)14/h2-4,6-10H,1,5,11H2. The Morgan fingerprint density at radius 1 is 1.24 bits per heavy atom. The number of hydrogen-bond acceptors (Lipinski definition) is 3. The molecule has 0 spiro atoms. The van der Waals surface area contributed by atoms with Crippen LogP contribution in [0.5, 0.6) is 0 Å². The summed E-state index contributed by atoms with van der Waals surface area (Å²) in [6, 6.07) is 10.0. The van der Waals surface area contributed by atoms with E-state index in [9.17, 15) is 0 Å². The SMILES string of the molecule is S=c1oc2ccccc2n1Cc1ccnc2c1CCC=C2. The summed E-state index contributed by atoms with van der Waals surface area (Å²) < 4.78 is 7.72. The summed E-state index contributed by atoms with van der Waals surface area (Å²) >= 11 is 5.37. The van der Waals surface area contributed by atoms with Crippen molar-refractivity contribution in [1.29, 1.82) is 0 Å². The first-order chi connectivity index (χ1) is 10.3. The lowest BCUT2D eigenvalue weighted by molar-refractivity contribution is 0.548. The van der Waals surface area contributed by atoms with Crippen molar-refractivity contribution in [1.82, 2.24) is 9.55 Å². The summed E-state index contributed by atoms with van der Waals surface area (Å²) in [5.74, 6) is 0. The van der Waals surface area contributed by atoms with Crippen molar-refractivity contribution in [3.05, 3.63) is 64.3 Å². The number of pyridine rings is 1. The molecule has 21 heavy (non-hydrogen) atoms. The van der Waals surface area contributed by atoms with Gasteiger partial charge in [-0.3, -0.25) is 9.55 Å². The third-order valence-electron chi connectivity index (χ3n) is 3.93. The summed E-state index contributed by atoms with van der Waals surface area (Å²) in [5.41, 5.74) is 5.56. The minimum absolute atomic E-state index is 0.521. The van der Waals surface area contributed by atoms with Crippen molar-refractivity contribution in [2.45, 2.75) is 19.4 Å². The molecule has 3 nitrogen and oxygen atoms in total. The average molecular weight is 294 g/mol. The van der Waals surface area contributed by atoms with Crippen molar-refractivity contribution in [3.8, 4) is 0 Å². The molecule has 104 valence electrons. The van der Waals surface area contributed by atoms with Gasteiger partial charge in [0.05, 0.1) is 17.8 Å². The van der Waals surface area contributed by atoms with Crippen molar-refractivity contribution in [3.63, 3.8) is 0 Å². The first kappa shape index (κ1) is 12.5. The first-order valence-electron chi connectivity index (χ1n) is 7.04. The fraction of sp³-hybridized carbons (Fsp3) is 0.176. The second-order valence-electron chi connectivity index (χ2n) is 5.20. The normalized spacial score (nSPS) is 13.5. The average Bonchev–Trinajstić information content (AvgIpc) is 2.84. The van der Waals surface area contributed by atoms with E-state index in [1.807, 2.05) is 30.5 Å². The molecule has 0 atom stereocenters. The molecular weight excluding hydrogens is 280 g/mol. The van der Waals surface area contributed by atoms with E-state index >= 15 is 0 Å². The number of benzene rings is 1. The zero-order valence-corrected chi connectivity index (χ0v) is 12.3. The third kappa shape index (κ3) is 2.12. The highest BCUT2D eigenvalue weighted by atomic mass is 32.1. The third-order valence-corrected chi connectivity index (χ3v) is 4.23. The van der Waals surface area contributed by atoms with Crippen LogP contribution in [-0.4, -0.2) is 9.55 Å². The summed E-state index contributed by atoms with van der Waals surface area (Å²) in [7, 11) is 0. The van der Waals surface area contributed by atoms with E-state index in [0.717, 1.165) is 36.2 Å². The minimum atomic E-state index is 0.521. The fourth-order valence-corrected chi connectivity index (χ4v) is 3.14. The minimum Gasteiger partial charge on any atom is -0.429 e. The van der Waals surface area contributed by atoms with Crippen LogP contribution in [0.25, 0.3) is 17.2 Å². The Labute approximate surface area is 127 Å². The van der Waals surface area contributed by atoms with E-state index in [0.29, 0.717) is 4.84 Å². The topological polar surface area (TPSA) is 31.0 Å². The Hall–Kier alpha value is -2.20. The van der Waals surface area contributed by atoms with Crippen LogP contribution in [0.4, 0.5) is 0 Å². The van der Waals surface area contributed by atoms with Gasteiger partial charge in [-0.15, -0.1) is 0 Å². The highest BCUT2D eigenvalue weighted by Crippen LogP contribution is 2.24. The van der Waals surface area contributed by atoms with Crippen LogP contribution in [0.15, 0.2) is 47.0 Å². The lowest BCUT2D eigenvalue weighted by Crippen LogP contribution is -2.07. The number of rotatable bonds is 2. The van der Waals surface area contributed by atoms with Gasteiger partial charge in [0.1, 0.15) is 0 Å². The van der Waals surface area contributed by atoms with Crippen molar-refractivity contribution in [2.24, 2.45) is 0 Å². The number of nitrogens with zero attached hydrogens (tertiary/aromatic N) is 2. The van der Waals surface area contributed by atoms with E-state index in [-0.39, 0.29) is 0 Å². The highest BCUT2D eigenvalue weighted by molar-refractivity contribution is 7.71. The number of aromatic nitrogens is 2. The number of para-hydroxylation sites is 2. The van der Waals surface area contributed by atoms with Crippen molar-refractivity contribution < 1.29 is 4.42 Å². The van der Waals surface area contributed by atoms with Gasteiger partial charge in [-0.2, -0.15) is 0 Å². The molecule has 0 unspecified atom stereocenters. The predicted octanol–water partition coefficient (Wildman–Crippen LogP) is 4.37. The summed E-state index contributed by atoms with van der Waals surface area (Å²) in [5, 5.41) is 0. The Morgan fingerprint density at radius 3 is 3.10 bits per heavy atom. The van der Waals surface area contributed by atoms with Gasteiger partial charge >= 0.3 is 0 Å². The van der Waals surface area contributed by atoms with E-state index in [4.69, 9.17) is 16.6 Å². The molecule has 4 heteroatoms. The number of oxazole rings is 1. The van der Waals surface area contributed by atoms with E-state index in [1.54, 1.807) is 0 Å². The van der Waals surface area contributed by atoms with Gasteiger partial charge in [-0.1, -0.05) is 18.2 Å². The van der Waals surface area contributed by atoms with Gasteiger partial charge in [-0.05, 0) is 60.5 Å². The summed E-state index contributed by atoms with van der Waals surface area (Å²) in [4.78, 5) is 4.97. The van der Waals surface area contributed by atoms with Crippen LogP contribution in [0.1, 0.15) is 23.2 Å². The number of hydrogen-bond donors (Lipinski definition) is 0. The molecule has 0 saturated heterocycles. The maximum atomic E-state index is 5.66. The predicted molar refractivity (Wildman–Crippen MR) is 85.7 cm³/mol. The van der Waals surface area contributed by atoms with Crippen LogP contribution >= 0.6 is 12.2 Å². The van der Waals surface area contributed by atoms with E-state index in [2.05, 4.69) is 27.8 Å². The van der Waals surface area contributed by atoms with E-state index in [1.165, 1.54) is 11.1 Å².